The van der Waals surface area contributed by atoms with Crippen molar-refractivity contribution in [2.75, 3.05) is 13.1 Å². The first-order valence-corrected chi connectivity index (χ1v) is 9.84. The number of pyridine rings is 1. The number of rotatable bonds is 5. The number of carbonyl (C=O) groups is 1. The quantitative estimate of drug-likeness (QED) is 0.864. The van der Waals surface area contributed by atoms with Crippen LogP contribution in [0.15, 0.2) is 53.6 Å². The van der Waals surface area contributed by atoms with Crippen LogP contribution in [0, 0.1) is 11.7 Å². The Bertz CT molecular complexity index is 849. The smallest absolute Gasteiger partial charge is 0.243 e. The normalized spacial score (nSPS) is 16.3. The molecule has 6 nitrogen and oxygen atoms in total. The van der Waals surface area contributed by atoms with E-state index in [1.54, 1.807) is 6.20 Å². The maximum absolute atomic E-state index is 13.0. The minimum atomic E-state index is -3.66. The molecule has 8 heteroatoms. The average Bonchev–Trinajstić information content (AvgIpc) is 2.67. The van der Waals surface area contributed by atoms with Crippen molar-refractivity contribution in [3.05, 3.63) is 60.2 Å². The number of nitrogens with one attached hydrogen (secondary N) is 1. The molecule has 1 aliphatic rings. The van der Waals surface area contributed by atoms with Crippen LogP contribution in [0.1, 0.15) is 18.5 Å². The monoisotopic (exact) mass is 377 g/mol. The number of sulfonamides is 1. The Morgan fingerprint density at radius 3 is 2.46 bits per heavy atom. The van der Waals surface area contributed by atoms with Crippen molar-refractivity contribution >= 4 is 15.9 Å². The van der Waals surface area contributed by atoms with Gasteiger partial charge in [0.15, 0.2) is 0 Å². The minimum Gasteiger partial charge on any atom is -0.350 e. The standard InChI is InChI=1S/C18H20FN3O3S/c19-15-4-6-17(7-5-15)26(24,25)22-11-8-14(9-12-22)18(23)21-13-16-3-1-2-10-20-16/h1-7,10,14H,8-9,11-13H2,(H,21,23). The lowest BCUT2D eigenvalue weighted by Gasteiger charge is -2.30. The first kappa shape index (κ1) is 18.5. The molecule has 2 aromatic rings. The number of hydrogen-bond acceptors (Lipinski definition) is 4. The highest BCUT2D eigenvalue weighted by molar-refractivity contribution is 7.89. The fraction of sp³-hybridized carbons (Fsp3) is 0.333. The van der Waals surface area contributed by atoms with Gasteiger partial charge in [-0.3, -0.25) is 9.78 Å². The largest absolute Gasteiger partial charge is 0.350 e. The summed E-state index contributed by atoms with van der Waals surface area (Å²) in [7, 11) is -3.66. The average molecular weight is 377 g/mol. The summed E-state index contributed by atoms with van der Waals surface area (Å²) < 4.78 is 39.5. The van der Waals surface area contributed by atoms with Crippen molar-refractivity contribution in [3.8, 4) is 0 Å². The highest BCUT2D eigenvalue weighted by atomic mass is 32.2. The van der Waals surface area contributed by atoms with E-state index in [0.717, 1.165) is 17.8 Å². The van der Waals surface area contributed by atoms with E-state index in [9.17, 15) is 17.6 Å². The van der Waals surface area contributed by atoms with Gasteiger partial charge in [0.05, 0.1) is 17.1 Å². The fourth-order valence-electron chi connectivity index (χ4n) is 2.94. The van der Waals surface area contributed by atoms with Crippen molar-refractivity contribution < 1.29 is 17.6 Å². The van der Waals surface area contributed by atoms with Gasteiger partial charge in [-0.25, -0.2) is 12.8 Å². The summed E-state index contributed by atoms with van der Waals surface area (Å²) in [6, 6.07) is 10.3. The second kappa shape index (κ2) is 7.92. The van der Waals surface area contributed by atoms with Crippen LogP contribution in [-0.2, 0) is 21.4 Å². The summed E-state index contributed by atoms with van der Waals surface area (Å²) >= 11 is 0. The zero-order valence-corrected chi connectivity index (χ0v) is 15.0. The molecule has 26 heavy (non-hydrogen) atoms. The van der Waals surface area contributed by atoms with Crippen LogP contribution in [0.25, 0.3) is 0 Å². The third-order valence-corrected chi connectivity index (χ3v) is 6.36. The lowest BCUT2D eigenvalue weighted by molar-refractivity contribution is -0.126. The van der Waals surface area contributed by atoms with Crippen LogP contribution in [0.5, 0.6) is 0 Å². The Morgan fingerprint density at radius 2 is 1.85 bits per heavy atom. The Labute approximate surface area is 152 Å². The summed E-state index contributed by atoms with van der Waals surface area (Å²) in [6.45, 7) is 0.885. The van der Waals surface area contributed by atoms with Crippen LogP contribution >= 0.6 is 0 Å². The number of hydrogen-bond donors (Lipinski definition) is 1. The van der Waals surface area contributed by atoms with Gasteiger partial charge >= 0.3 is 0 Å². The number of amides is 1. The fourth-order valence-corrected chi connectivity index (χ4v) is 4.41. The molecule has 138 valence electrons. The van der Waals surface area contributed by atoms with Crippen molar-refractivity contribution in [2.24, 2.45) is 5.92 Å². The molecule has 1 fully saturated rings. The molecule has 1 saturated heterocycles. The van der Waals surface area contributed by atoms with E-state index >= 15 is 0 Å². The lowest BCUT2D eigenvalue weighted by atomic mass is 9.97. The molecule has 3 rings (SSSR count). The van der Waals surface area contributed by atoms with Gasteiger partial charge in [-0.2, -0.15) is 4.31 Å². The van der Waals surface area contributed by atoms with Gasteiger partial charge in [-0.15, -0.1) is 0 Å². The van der Waals surface area contributed by atoms with Gasteiger partial charge in [0.1, 0.15) is 5.82 Å². The van der Waals surface area contributed by atoms with Crippen molar-refractivity contribution in [1.29, 1.82) is 0 Å². The van der Waals surface area contributed by atoms with Crippen molar-refractivity contribution in [3.63, 3.8) is 0 Å². The molecule has 1 amide bonds. The van der Waals surface area contributed by atoms with E-state index in [1.807, 2.05) is 18.2 Å². The molecule has 2 heterocycles. The molecule has 0 atom stereocenters. The minimum absolute atomic E-state index is 0.0666. The zero-order chi connectivity index (χ0) is 18.6. The van der Waals surface area contributed by atoms with E-state index in [-0.39, 0.29) is 29.8 Å². The number of benzene rings is 1. The van der Waals surface area contributed by atoms with Gasteiger partial charge in [0, 0.05) is 25.2 Å². The molecule has 1 N–H and O–H groups in total. The Balaban J connectivity index is 1.55. The highest BCUT2D eigenvalue weighted by Crippen LogP contribution is 2.24. The molecular formula is C18H20FN3O3S. The molecule has 1 aromatic carbocycles. The Morgan fingerprint density at radius 1 is 1.15 bits per heavy atom. The van der Waals surface area contributed by atoms with Crippen LogP contribution < -0.4 is 5.32 Å². The third kappa shape index (κ3) is 4.25. The Kier molecular flexibility index (Phi) is 5.63. The topological polar surface area (TPSA) is 79.4 Å². The zero-order valence-electron chi connectivity index (χ0n) is 14.1. The summed E-state index contributed by atoms with van der Waals surface area (Å²) in [6.07, 6.45) is 2.57. The second-order valence-corrected chi connectivity index (χ2v) is 8.11. The van der Waals surface area contributed by atoms with Crippen LogP contribution in [0.3, 0.4) is 0 Å². The maximum atomic E-state index is 13.0. The van der Waals surface area contributed by atoms with Gasteiger partial charge in [-0.05, 0) is 49.2 Å². The summed E-state index contributed by atoms with van der Waals surface area (Å²) in [5, 5.41) is 2.85. The molecule has 1 aliphatic heterocycles. The first-order valence-electron chi connectivity index (χ1n) is 8.40. The molecule has 0 saturated carbocycles. The summed E-state index contributed by atoms with van der Waals surface area (Å²) in [5.41, 5.74) is 0.775. The van der Waals surface area contributed by atoms with Crippen LogP contribution in [0.4, 0.5) is 4.39 Å². The molecular weight excluding hydrogens is 357 g/mol. The summed E-state index contributed by atoms with van der Waals surface area (Å²) in [5.74, 6) is -0.792. The van der Waals surface area contributed by atoms with Gasteiger partial charge in [0.25, 0.3) is 0 Å². The maximum Gasteiger partial charge on any atom is 0.243 e. The molecule has 0 spiro atoms. The predicted molar refractivity (Wildman–Crippen MR) is 94.0 cm³/mol. The van der Waals surface area contributed by atoms with Gasteiger partial charge in [0.2, 0.25) is 15.9 Å². The number of carbonyl (C=O) groups excluding carboxylic acids is 1. The molecule has 0 bridgehead atoms. The molecule has 0 unspecified atom stereocenters. The third-order valence-electron chi connectivity index (χ3n) is 4.45. The number of aromatic nitrogens is 1. The molecule has 0 aliphatic carbocycles. The van der Waals surface area contributed by atoms with E-state index < -0.39 is 15.8 Å². The first-order chi connectivity index (χ1) is 12.5. The van der Waals surface area contributed by atoms with Gasteiger partial charge in [-0.1, -0.05) is 6.07 Å². The summed E-state index contributed by atoms with van der Waals surface area (Å²) in [4.78, 5) is 16.5. The van der Waals surface area contributed by atoms with Gasteiger partial charge < -0.3 is 5.32 Å². The predicted octanol–water partition coefficient (Wildman–Crippen LogP) is 1.94. The molecule has 1 aromatic heterocycles. The highest BCUT2D eigenvalue weighted by Gasteiger charge is 2.32. The van der Waals surface area contributed by atoms with E-state index in [4.69, 9.17) is 0 Å². The SMILES string of the molecule is O=C(NCc1ccccn1)C1CCN(S(=O)(=O)c2ccc(F)cc2)CC1. The van der Waals surface area contributed by atoms with E-state index in [0.29, 0.717) is 19.4 Å². The molecule has 0 radical (unpaired) electrons. The van der Waals surface area contributed by atoms with Crippen LogP contribution in [0.2, 0.25) is 0 Å². The van der Waals surface area contributed by atoms with Crippen molar-refractivity contribution in [1.82, 2.24) is 14.6 Å². The Hall–Kier alpha value is -2.32. The number of halogens is 1. The number of piperidine rings is 1. The van der Waals surface area contributed by atoms with Crippen molar-refractivity contribution in [2.45, 2.75) is 24.3 Å². The lowest BCUT2D eigenvalue weighted by Crippen LogP contribution is -2.42. The van der Waals surface area contributed by atoms with E-state index in [1.165, 1.54) is 16.4 Å². The van der Waals surface area contributed by atoms with Crippen LogP contribution in [-0.4, -0.2) is 36.7 Å². The second-order valence-electron chi connectivity index (χ2n) is 6.17. The number of nitrogens with zero attached hydrogens (tertiary/aromatic N) is 2. The van der Waals surface area contributed by atoms with E-state index in [2.05, 4.69) is 10.3 Å².